The lowest BCUT2D eigenvalue weighted by molar-refractivity contribution is 0.0991. The number of aryl methyl sites for hydroxylation is 3. The molecule has 0 saturated carbocycles. The molecule has 0 radical (unpaired) electrons. The molecular formula is C22H24N6O2. The molecular weight excluding hydrogens is 380 g/mol. The van der Waals surface area contributed by atoms with Crippen molar-refractivity contribution >= 4 is 22.8 Å². The van der Waals surface area contributed by atoms with E-state index in [-0.39, 0.29) is 5.95 Å². The van der Waals surface area contributed by atoms with Gasteiger partial charge < -0.3 is 25.8 Å². The molecule has 0 aliphatic rings. The minimum atomic E-state index is -0.481. The summed E-state index contributed by atoms with van der Waals surface area (Å²) in [5, 5.41) is 1.13. The third kappa shape index (κ3) is 3.59. The minimum absolute atomic E-state index is 0.199. The number of benzene rings is 1. The molecule has 8 heteroatoms. The summed E-state index contributed by atoms with van der Waals surface area (Å²) >= 11 is 0. The zero-order chi connectivity index (χ0) is 21.3. The number of hydrogen-bond acceptors (Lipinski definition) is 5. The van der Waals surface area contributed by atoms with E-state index < -0.39 is 5.91 Å². The number of carbonyl (C=O) groups is 1. The van der Waals surface area contributed by atoms with E-state index in [1.807, 2.05) is 42.1 Å². The molecule has 0 saturated heterocycles. The van der Waals surface area contributed by atoms with Crippen LogP contribution >= 0.6 is 0 Å². The molecule has 0 unspecified atom stereocenters. The summed E-state index contributed by atoms with van der Waals surface area (Å²) in [7, 11) is 1.65. The van der Waals surface area contributed by atoms with E-state index in [1.54, 1.807) is 19.4 Å². The molecule has 0 aliphatic carbocycles. The van der Waals surface area contributed by atoms with Gasteiger partial charge in [-0.15, -0.1) is 0 Å². The SMILES string of the molecule is CCc1cnc(N)nc1-c1cc(C(N)=O)n(CCc2c[nH]c3cc(OC)ccc23)c1. The number of nitrogen functional groups attached to an aromatic ring is 1. The van der Waals surface area contributed by atoms with E-state index in [9.17, 15) is 4.79 Å². The van der Waals surface area contributed by atoms with Gasteiger partial charge in [0.1, 0.15) is 11.4 Å². The van der Waals surface area contributed by atoms with Crippen LogP contribution in [0.2, 0.25) is 0 Å². The van der Waals surface area contributed by atoms with Crippen molar-refractivity contribution in [2.45, 2.75) is 26.3 Å². The highest BCUT2D eigenvalue weighted by molar-refractivity contribution is 5.93. The normalized spacial score (nSPS) is 11.1. The summed E-state index contributed by atoms with van der Waals surface area (Å²) in [5.41, 5.74) is 16.5. The van der Waals surface area contributed by atoms with Crippen LogP contribution in [0.25, 0.3) is 22.2 Å². The highest BCUT2D eigenvalue weighted by Gasteiger charge is 2.16. The van der Waals surface area contributed by atoms with E-state index in [4.69, 9.17) is 16.2 Å². The van der Waals surface area contributed by atoms with Gasteiger partial charge in [-0.25, -0.2) is 9.97 Å². The van der Waals surface area contributed by atoms with E-state index in [2.05, 4.69) is 15.0 Å². The number of amides is 1. The summed E-state index contributed by atoms with van der Waals surface area (Å²) in [6, 6.07) is 7.71. The number of nitrogens with two attached hydrogens (primary N) is 2. The maximum atomic E-state index is 12.1. The van der Waals surface area contributed by atoms with Crippen LogP contribution in [0, 0.1) is 0 Å². The quantitative estimate of drug-likeness (QED) is 0.437. The van der Waals surface area contributed by atoms with Crippen molar-refractivity contribution in [1.82, 2.24) is 19.5 Å². The van der Waals surface area contributed by atoms with Crippen molar-refractivity contribution in [2.75, 3.05) is 12.8 Å². The van der Waals surface area contributed by atoms with E-state index in [1.165, 1.54) is 0 Å². The predicted octanol–water partition coefficient (Wildman–Crippen LogP) is 2.92. The maximum Gasteiger partial charge on any atom is 0.265 e. The molecule has 1 aromatic carbocycles. The van der Waals surface area contributed by atoms with Crippen LogP contribution in [0.5, 0.6) is 5.75 Å². The van der Waals surface area contributed by atoms with Gasteiger partial charge in [-0.3, -0.25) is 4.79 Å². The van der Waals surface area contributed by atoms with Crippen LogP contribution in [0.15, 0.2) is 42.9 Å². The van der Waals surface area contributed by atoms with E-state index in [0.717, 1.165) is 51.9 Å². The first-order chi connectivity index (χ1) is 14.5. The number of nitrogens with zero attached hydrogens (tertiary/aromatic N) is 3. The molecule has 0 spiro atoms. The van der Waals surface area contributed by atoms with Crippen molar-refractivity contribution in [3.05, 3.63) is 59.7 Å². The Hall–Kier alpha value is -3.81. The molecule has 0 bridgehead atoms. The summed E-state index contributed by atoms with van der Waals surface area (Å²) in [4.78, 5) is 23.8. The number of H-pyrrole nitrogens is 1. The Bertz CT molecular complexity index is 1220. The summed E-state index contributed by atoms with van der Waals surface area (Å²) in [5.74, 6) is 0.521. The third-order valence-electron chi connectivity index (χ3n) is 5.28. The molecule has 0 atom stereocenters. The summed E-state index contributed by atoms with van der Waals surface area (Å²) in [6.45, 7) is 2.62. The highest BCUT2D eigenvalue weighted by Crippen LogP contribution is 2.27. The van der Waals surface area contributed by atoms with Gasteiger partial charge in [0.25, 0.3) is 5.91 Å². The first-order valence-electron chi connectivity index (χ1n) is 9.76. The standard InChI is InChI=1S/C22H24N6O2/c1-3-13-10-26-22(24)27-20(13)15-8-19(21(23)29)28(12-15)7-6-14-11-25-18-9-16(30-2)4-5-17(14)18/h4-5,8-12,25H,3,6-7H2,1-2H3,(H2,23,29)(H2,24,26,27). The van der Waals surface area contributed by atoms with Crippen LogP contribution in [-0.4, -0.2) is 32.5 Å². The second-order valence-electron chi connectivity index (χ2n) is 7.10. The molecule has 3 aromatic heterocycles. The molecule has 8 nitrogen and oxygen atoms in total. The van der Waals surface area contributed by atoms with Gasteiger partial charge in [-0.2, -0.15) is 0 Å². The van der Waals surface area contributed by atoms with Gasteiger partial charge in [-0.1, -0.05) is 6.92 Å². The fraction of sp³-hybridized carbons (Fsp3) is 0.227. The van der Waals surface area contributed by atoms with Gasteiger partial charge in [0.15, 0.2) is 0 Å². The Morgan fingerprint density at radius 2 is 2.10 bits per heavy atom. The maximum absolute atomic E-state index is 12.1. The average molecular weight is 404 g/mol. The number of aromatic nitrogens is 4. The van der Waals surface area contributed by atoms with Gasteiger partial charge in [-0.05, 0) is 42.2 Å². The van der Waals surface area contributed by atoms with Crippen LogP contribution in [0.4, 0.5) is 5.95 Å². The number of anilines is 1. The molecule has 4 aromatic rings. The number of aromatic amines is 1. The average Bonchev–Trinajstić information content (AvgIpc) is 3.35. The number of hydrogen-bond donors (Lipinski definition) is 3. The summed E-state index contributed by atoms with van der Waals surface area (Å²) < 4.78 is 7.15. The Kier molecular flexibility index (Phi) is 5.14. The van der Waals surface area contributed by atoms with Crippen molar-refractivity contribution in [2.24, 2.45) is 5.73 Å². The predicted molar refractivity (Wildman–Crippen MR) is 116 cm³/mol. The van der Waals surface area contributed by atoms with E-state index >= 15 is 0 Å². The molecule has 5 N–H and O–H groups in total. The lowest BCUT2D eigenvalue weighted by Crippen LogP contribution is -2.17. The largest absolute Gasteiger partial charge is 0.497 e. The molecule has 154 valence electrons. The number of fused-ring (bicyclic) bond motifs is 1. The Balaban J connectivity index is 1.65. The topological polar surface area (TPSA) is 125 Å². The molecule has 0 fully saturated rings. The van der Waals surface area contributed by atoms with Gasteiger partial charge in [0, 0.05) is 47.7 Å². The van der Waals surface area contributed by atoms with Crippen molar-refractivity contribution in [3.8, 4) is 17.0 Å². The first-order valence-corrected chi connectivity index (χ1v) is 9.76. The lowest BCUT2D eigenvalue weighted by Gasteiger charge is -2.07. The first kappa shape index (κ1) is 19.5. The highest BCUT2D eigenvalue weighted by atomic mass is 16.5. The Morgan fingerprint density at radius 1 is 1.27 bits per heavy atom. The van der Waals surface area contributed by atoms with Crippen LogP contribution in [0.1, 0.15) is 28.5 Å². The summed E-state index contributed by atoms with van der Waals surface area (Å²) in [6.07, 6.45) is 7.09. The smallest absolute Gasteiger partial charge is 0.265 e. The monoisotopic (exact) mass is 404 g/mol. The van der Waals surface area contributed by atoms with Gasteiger partial charge in [0.2, 0.25) is 5.95 Å². The number of carbonyl (C=O) groups excluding carboxylic acids is 1. The minimum Gasteiger partial charge on any atom is -0.497 e. The Labute approximate surface area is 173 Å². The zero-order valence-corrected chi connectivity index (χ0v) is 17.0. The van der Waals surface area contributed by atoms with Crippen LogP contribution in [-0.2, 0) is 19.4 Å². The number of methoxy groups -OCH3 is 1. The van der Waals surface area contributed by atoms with Crippen molar-refractivity contribution < 1.29 is 9.53 Å². The molecule has 30 heavy (non-hydrogen) atoms. The Morgan fingerprint density at radius 3 is 2.83 bits per heavy atom. The zero-order valence-electron chi connectivity index (χ0n) is 17.0. The fourth-order valence-electron chi connectivity index (χ4n) is 3.70. The number of primary amides is 1. The second kappa shape index (κ2) is 7.90. The second-order valence-corrected chi connectivity index (χ2v) is 7.10. The number of ether oxygens (including phenoxy) is 1. The lowest BCUT2D eigenvalue weighted by atomic mass is 10.1. The van der Waals surface area contributed by atoms with E-state index in [0.29, 0.717) is 12.2 Å². The van der Waals surface area contributed by atoms with Crippen LogP contribution < -0.4 is 16.2 Å². The molecule has 1 amide bonds. The van der Waals surface area contributed by atoms with Crippen molar-refractivity contribution in [3.63, 3.8) is 0 Å². The molecule has 4 rings (SSSR count). The third-order valence-corrected chi connectivity index (χ3v) is 5.28. The molecule has 0 aliphatic heterocycles. The van der Waals surface area contributed by atoms with Crippen molar-refractivity contribution in [1.29, 1.82) is 0 Å². The fourth-order valence-corrected chi connectivity index (χ4v) is 3.70. The van der Waals surface area contributed by atoms with Crippen LogP contribution in [0.3, 0.4) is 0 Å². The molecule has 3 heterocycles. The number of nitrogens with one attached hydrogen (secondary N) is 1. The number of rotatable bonds is 7. The van der Waals surface area contributed by atoms with Gasteiger partial charge >= 0.3 is 0 Å². The van der Waals surface area contributed by atoms with Gasteiger partial charge in [0.05, 0.1) is 12.8 Å².